The number of nitrogens with zero attached hydrogens (tertiary/aromatic N) is 1. The summed E-state index contributed by atoms with van der Waals surface area (Å²) in [6, 6.07) is 8.74. The number of aromatic nitrogens is 1. The molecule has 1 heterocycles. The van der Waals surface area contributed by atoms with Crippen molar-refractivity contribution in [2.75, 3.05) is 5.32 Å². The molecule has 1 N–H and O–H groups in total. The summed E-state index contributed by atoms with van der Waals surface area (Å²) in [5.41, 5.74) is 1.09. The van der Waals surface area contributed by atoms with E-state index in [9.17, 15) is 0 Å². The van der Waals surface area contributed by atoms with Gasteiger partial charge in [-0.1, -0.05) is 43.7 Å². The first-order chi connectivity index (χ1) is 7.70. The third-order valence-corrected chi connectivity index (χ3v) is 4.11. The Morgan fingerprint density at radius 3 is 2.75 bits per heavy atom. The molecule has 2 atom stereocenters. The van der Waals surface area contributed by atoms with Gasteiger partial charge in [0.25, 0.3) is 0 Å². The molecular formula is C13H18N2S. The zero-order valence-corrected chi connectivity index (χ0v) is 10.8. The van der Waals surface area contributed by atoms with Crippen molar-refractivity contribution in [1.29, 1.82) is 0 Å². The minimum absolute atomic E-state index is 0.477. The molecule has 1 aromatic carbocycles. The van der Waals surface area contributed by atoms with Crippen LogP contribution in [0.25, 0.3) is 10.2 Å². The first-order valence-electron chi connectivity index (χ1n) is 5.82. The van der Waals surface area contributed by atoms with Crippen LogP contribution in [-0.4, -0.2) is 11.0 Å². The fourth-order valence-electron chi connectivity index (χ4n) is 1.62. The minimum Gasteiger partial charge on any atom is -0.359 e. The lowest BCUT2D eigenvalue weighted by Gasteiger charge is -2.18. The second kappa shape index (κ2) is 4.83. The van der Waals surface area contributed by atoms with Crippen LogP contribution in [-0.2, 0) is 0 Å². The molecule has 2 nitrogen and oxygen atoms in total. The lowest BCUT2D eigenvalue weighted by atomic mass is 10.0. The summed E-state index contributed by atoms with van der Waals surface area (Å²) < 4.78 is 1.25. The van der Waals surface area contributed by atoms with E-state index < -0.39 is 0 Å². The molecule has 16 heavy (non-hydrogen) atoms. The lowest BCUT2D eigenvalue weighted by Crippen LogP contribution is -2.22. The molecule has 2 unspecified atom stereocenters. The topological polar surface area (TPSA) is 24.9 Å². The number of thiazole rings is 1. The van der Waals surface area contributed by atoms with Gasteiger partial charge in [0.15, 0.2) is 5.13 Å². The second-order valence-corrected chi connectivity index (χ2v) is 5.34. The summed E-state index contributed by atoms with van der Waals surface area (Å²) in [5, 5.41) is 4.53. The highest BCUT2D eigenvalue weighted by Crippen LogP contribution is 2.26. The summed E-state index contributed by atoms with van der Waals surface area (Å²) >= 11 is 1.73. The van der Waals surface area contributed by atoms with Crippen LogP contribution in [0.2, 0.25) is 0 Å². The smallest absolute Gasteiger partial charge is 0.184 e. The van der Waals surface area contributed by atoms with Gasteiger partial charge in [-0.25, -0.2) is 4.98 Å². The Labute approximate surface area is 101 Å². The van der Waals surface area contributed by atoms with Gasteiger partial charge in [0.2, 0.25) is 0 Å². The maximum Gasteiger partial charge on any atom is 0.184 e. The van der Waals surface area contributed by atoms with Crippen molar-refractivity contribution < 1.29 is 0 Å². The number of fused-ring (bicyclic) bond motifs is 1. The average Bonchev–Trinajstić information content (AvgIpc) is 2.69. The van der Waals surface area contributed by atoms with Crippen LogP contribution in [0.5, 0.6) is 0 Å². The molecule has 0 saturated heterocycles. The maximum absolute atomic E-state index is 4.58. The highest BCUT2D eigenvalue weighted by molar-refractivity contribution is 7.22. The van der Waals surface area contributed by atoms with Crippen LogP contribution in [0, 0.1) is 5.92 Å². The van der Waals surface area contributed by atoms with E-state index in [1.54, 1.807) is 11.3 Å². The quantitative estimate of drug-likeness (QED) is 0.860. The Morgan fingerprint density at radius 1 is 1.31 bits per heavy atom. The molecule has 0 spiro atoms. The van der Waals surface area contributed by atoms with Gasteiger partial charge >= 0.3 is 0 Å². The van der Waals surface area contributed by atoms with Gasteiger partial charge in [-0.2, -0.15) is 0 Å². The largest absolute Gasteiger partial charge is 0.359 e. The van der Waals surface area contributed by atoms with Gasteiger partial charge in [0.05, 0.1) is 10.2 Å². The zero-order chi connectivity index (χ0) is 11.5. The molecule has 0 radical (unpaired) electrons. The third-order valence-electron chi connectivity index (χ3n) is 3.14. The van der Waals surface area contributed by atoms with E-state index >= 15 is 0 Å². The number of para-hydroxylation sites is 1. The van der Waals surface area contributed by atoms with E-state index in [1.807, 2.05) is 6.07 Å². The minimum atomic E-state index is 0.477. The van der Waals surface area contributed by atoms with Crippen LogP contribution in [0.15, 0.2) is 24.3 Å². The first kappa shape index (κ1) is 11.4. The number of nitrogens with one attached hydrogen (secondary N) is 1. The van der Waals surface area contributed by atoms with Crippen molar-refractivity contribution in [2.45, 2.75) is 33.2 Å². The Hall–Kier alpha value is -1.09. The highest BCUT2D eigenvalue weighted by Gasteiger charge is 2.11. The summed E-state index contributed by atoms with van der Waals surface area (Å²) in [6.45, 7) is 6.71. The van der Waals surface area contributed by atoms with Crippen LogP contribution >= 0.6 is 11.3 Å². The van der Waals surface area contributed by atoms with Crippen molar-refractivity contribution in [3.05, 3.63) is 24.3 Å². The van der Waals surface area contributed by atoms with E-state index in [0.717, 1.165) is 10.6 Å². The van der Waals surface area contributed by atoms with Crippen LogP contribution in [0.1, 0.15) is 27.2 Å². The molecule has 0 fully saturated rings. The molecule has 86 valence electrons. The number of rotatable bonds is 4. The van der Waals surface area contributed by atoms with Crippen LogP contribution < -0.4 is 5.32 Å². The molecule has 0 saturated carbocycles. The molecule has 2 aromatic rings. The van der Waals surface area contributed by atoms with Gasteiger partial charge in [0.1, 0.15) is 0 Å². The summed E-state index contributed by atoms with van der Waals surface area (Å²) in [6.07, 6.45) is 1.19. The SMILES string of the molecule is CCC(C)C(C)Nc1nc2ccccc2s1. The van der Waals surface area contributed by atoms with E-state index in [1.165, 1.54) is 11.1 Å². The normalized spacial score (nSPS) is 14.9. The number of hydrogen-bond donors (Lipinski definition) is 1. The molecule has 1 aromatic heterocycles. The van der Waals surface area contributed by atoms with Crippen molar-refractivity contribution in [3.8, 4) is 0 Å². The van der Waals surface area contributed by atoms with Crippen molar-refractivity contribution >= 4 is 26.7 Å². The molecule has 2 rings (SSSR count). The summed E-state index contributed by atoms with van der Waals surface area (Å²) in [5.74, 6) is 0.673. The molecule has 0 amide bonds. The van der Waals surface area contributed by atoms with Gasteiger partial charge in [-0.05, 0) is 25.0 Å². The Bertz CT molecular complexity index is 431. The molecular weight excluding hydrogens is 216 g/mol. The number of hydrogen-bond acceptors (Lipinski definition) is 3. The highest BCUT2D eigenvalue weighted by atomic mass is 32.1. The molecule has 0 aliphatic heterocycles. The number of benzene rings is 1. The summed E-state index contributed by atoms with van der Waals surface area (Å²) in [7, 11) is 0. The van der Waals surface area contributed by atoms with Crippen LogP contribution in [0.4, 0.5) is 5.13 Å². The van der Waals surface area contributed by atoms with Gasteiger partial charge in [-0.15, -0.1) is 0 Å². The Morgan fingerprint density at radius 2 is 2.06 bits per heavy atom. The standard InChI is InChI=1S/C13H18N2S/c1-4-9(2)10(3)14-13-15-11-7-5-6-8-12(11)16-13/h5-10H,4H2,1-3H3,(H,14,15). The fraction of sp³-hybridized carbons (Fsp3) is 0.462. The van der Waals surface area contributed by atoms with Crippen molar-refractivity contribution in [1.82, 2.24) is 4.98 Å². The van der Waals surface area contributed by atoms with E-state index in [0.29, 0.717) is 12.0 Å². The number of anilines is 1. The van der Waals surface area contributed by atoms with Crippen molar-refractivity contribution in [3.63, 3.8) is 0 Å². The second-order valence-electron chi connectivity index (χ2n) is 4.31. The Balaban J connectivity index is 2.15. The molecule has 0 bridgehead atoms. The monoisotopic (exact) mass is 234 g/mol. The average molecular weight is 234 g/mol. The fourth-order valence-corrected chi connectivity index (χ4v) is 2.59. The van der Waals surface area contributed by atoms with E-state index in [2.05, 4.69) is 49.3 Å². The van der Waals surface area contributed by atoms with Gasteiger partial charge < -0.3 is 5.32 Å². The van der Waals surface area contributed by atoms with Gasteiger partial charge in [0, 0.05) is 6.04 Å². The lowest BCUT2D eigenvalue weighted by molar-refractivity contribution is 0.494. The maximum atomic E-state index is 4.58. The summed E-state index contributed by atoms with van der Waals surface area (Å²) in [4.78, 5) is 4.58. The van der Waals surface area contributed by atoms with E-state index in [-0.39, 0.29) is 0 Å². The van der Waals surface area contributed by atoms with Crippen LogP contribution in [0.3, 0.4) is 0 Å². The third kappa shape index (κ3) is 2.35. The molecule has 3 heteroatoms. The predicted molar refractivity (Wildman–Crippen MR) is 72.2 cm³/mol. The zero-order valence-electron chi connectivity index (χ0n) is 10.0. The van der Waals surface area contributed by atoms with E-state index in [4.69, 9.17) is 0 Å². The first-order valence-corrected chi connectivity index (χ1v) is 6.64. The predicted octanol–water partition coefficient (Wildman–Crippen LogP) is 4.14. The molecule has 0 aliphatic carbocycles. The van der Waals surface area contributed by atoms with Gasteiger partial charge in [-0.3, -0.25) is 0 Å². The Kier molecular flexibility index (Phi) is 3.44. The van der Waals surface area contributed by atoms with Crippen molar-refractivity contribution in [2.24, 2.45) is 5.92 Å². The molecule has 0 aliphatic rings.